The van der Waals surface area contributed by atoms with Crippen molar-refractivity contribution in [1.82, 2.24) is 4.90 Å². The van der Waals surface area contributed by atoms with Gasteiger partial charge < -0.3 is 9.64 Å². The fraction of sp³-hybridized carbons (Fsp3) is 0.200. The van der Waals surface area contributed by atoms with Gasteiger partial charge in [-0.2, -0.15) is 0 Å². The Labute approximate surface area is 171 Å². The lowest BCUT2D eigenvalue weighted by atomic mass is 10.0. The van der Waals surface area contributed by atoms with Crippen LogP contribution in [0.3, 0.4) is 0 Å². The molecule has 148 valence electrons. The van der Waals surface area contributed by atoms with E-state index in [0.717, 1.165) is 18.4 Å². The molecule has 0 N–H and O–H groups in total. The summed E-state index contributed by atoms with van der Waals surface area (Å²) in [6.07, 6.45) is 1.72. The number of hydrogen-bond acceptors (Lipinski definition) is 3. The molecule has 4 heteroatoms. The molecule has 0 bridgehead atoms. The molecular formula is C25H25NO3. The molecule has 29 heavy (non-hydrogen) atoms. The number of hydrogen-bond donors (Lipinski definition) is 0. The zero-order valence-electron chi connectivity index (χ0n) is 16.6. The lowest BCUT2D eigenvalue weighted by molar-refractivity contribution is 0.0589. The van der Waals surface area contributed by atoms with Crippen LogP contribution in [0.2, 0.25) is 0 Å². The van der Waals surface area contributed by atoms with Crippen LogP contribution in [0.5, 0.6) is 0 Å². The molecule has 0 radical (unpaired) electrons. The van der Waals surface area contributed by atoms with Crippen LogP contribution in [-0.2, 0) is 17.7 Å². The Bertz CT molecular complexity index is 939. The molecule has 4 nitrogen and oxygen atoms in total. The van der Waals surface area contributed by atoms with Gasteiger partial charge >= 0.3 is 5.97 Å². The van der Waals surface area contributed by atoms with Gasteiger partial charge in [0.05, 0.1) is 18.2 Å². The van der Waals surface area contributed by atoms with Gasteiger partial charge in [-0.1, -0.05) is 72.8 Å². The lowest BCUT2D eigenvalue weighted by Gasteiger charge is -2.24. The number of carbonyl (C=O) groups is 2. The van der Waals surface area contributed by atoms with Gasteiger partial charge in [0.15, 0.2) is 0 Å². The first-order valence-corrected chi connectivity index (χ1v) is 9.73. The summed E-state index contributed by atoms with van der Waals surface area (Å²) in [5, 5.41) is 0. The number of esters is 1. The molecule has 1 amide bonds. The van der Waals surface area contributed by atoms with Crippen molar-refractivity contribution in [1.29, 1.82) is 0 Å². The van der Waals surface area contributed by atoms with Crippen molar-refractivity contribution in [3.05, 3.63) is 107 Å². The highest BCUT2D eigenvalue weighted by Gasteiger charge is 2.22. The molecule has 0 aliphatic heterocycles. The van der Waals surface area contributed by atoms with E-state index >= 15 is 0 Å². The third-order valence-corrected chi connectivity index (χ3v) is 4.80. The fourth-order valence-electron chi connectivity index (χ4n) is 3.30. The van der Waals surface area contributed by atoms with E-state index < -0.39 is 5.97 Å². The van der Waals surface area contributed by atoms with E-state index in [1.54, 1.807) is 29.2 Å². The summed E-state index contributed by atoms with van der Waals surface area (Å²) in [6, 6.07) is 26.9. The molecule has 0 spiro atoms. The maximum Gasteiger partial charge on any atom is 0.338 e. The third kappa shape index (κ3) is 5.55. The number of aryl methyl sites for hydroxylation is 1. The highest BCUT2D eigenvalue weighted by Crippen LogP contribution is 2.16. The van der Waals surface area contributed by atoms with Crippen LogP contribution in [0.1, 0.15) is 38.3 Å². The SMILES string of the molecule is COC(=O)c1ccccc1C(=O)N(CCCc1ccccc1)Cc1ccccc1. The predicted molar refractivity (Wildman–Crippen MR) is 114 cm³/mol. The molecule has 3 rings (SSSR count). The van der Waals surface area contributed by atoms with Crippen LogP contribution in [-0.4, -0.2) is 30.4 Å². The van der Waals surface area contributed by atoms with Crippen LogP contribution in [0, 0.1) is 0 Å². The standard InChI is InChI=1S/C25H25NO3/c1-29-25(28)23-17-9-8-16-22(23)24(27)26(19-21-13-6-3-7-14-21)18-10-15-20-11-4-2-5-12-20/h2-9,11-14,16-17H,10,15,18-19H2,1H3. The first-order chi connectivity index (χ1) is 14.2. The maximum atomic E-state index is 13.4. The summed E-state index contributed by atoms with van der Waals surface area (Å²) in [4.78, 5) is 27.3. The van der Waals surface area contributed by atoms with Gasteiger partial charge in [0.1, 0.15) is 0 Å². The minimum Gasteiger partial charge on any atom is -0.465 e. The van der Waals surface area contributed by atoms with Crippen molar-refractivity contribution in [2.45, 2.75) is 19.4 Å². The van der Waals surface area contributed by atoms with Crippen molar-refractivity contribution in [3.8, 4) is 0 Å². The average Bonchev–Trinajstić information content (AvgIpc) is 2.79. The number of amides is 1. The molecule has 0 aromatic heterocycles. The van der Waals surface area contributed by atoms with Crippen molar-refractivity contribution in [2.75, 3.05) is 13.7 Å². The van der Waals surface area contributed by atoms with Gasteiger partial charge in [-0.05, 0) is 36.1 Å². The number of carbonyl (C=O) groups excluding carboxylic acids is 2. The molecule has 0 aliphatic carbocycles. The summed E-state index contributed by atoms with van der Waals surface area (Å²) in [6.45, 7) is 1.09. The molecule has 0 heterocycles. The summed E-state index contributed by atoms with van der Waals surface area (Å²) in [5.41, 5.74) is 2.96. The second-order valence-electron chi connectivity index (χ2n) is 6.84. The Morgan fingerprint density at radius 2 is 1.31 bits per heavy atom. The zero-order chi connectivity index (χ0) is 20.5. The van der Waals surface area contributed by atoms with Gasteiger partial charge in [0.2, 0.25) is 0 Å². The predicted octanol–water partition coefficient (Wildman–Crippen LogP) is 4.75. The molecule has 3 aromatic carbocycles. The second-order valence-corrected chi connectivity index (χ2v) is 6.84. The Morgan fingerprint density at radius 3 is 1.93 bits per heavy atom. The maximum absolute atomic E-state index is 13.4. The Morgan fingerprint density at radius 1 is 0.759 bits per heavy atom. The first kappa shape index (κ1) is 20.3. The Hall–Kier alpha value is -3.40. The molecule has 0 saturated carbocycles. The van der Waals surface area contributed by atoms with Crippen LogP contribution in [0.15, 0.2) is 84.9 Å². The summed E-state index contributed by atoms with van der Waals surface area (Å²) >= 11 is 0. The minimum atomic E-state index is -0.502. The second kappa shape index (κ2) is 10.2. The number of methoxy groups -OCH3 is 1. The number of benzene rings is 3. The average molecular weight is 387 g/mol. The van der Waals surface area contributed by atoms with Gasteiger partial charge in [-0.3, -0.25) is 4.79 Å². The van der Waals surface area contributed by atoms with Crippen molar-refractivity contribution >= 4 is 11.9 Å². The minimum absolute atomic E-state index is 0.164. The highest BCUT2D eigenvalue weighted by molar-refractivity contribution is 6.05. The largest absolute Gasteiger partial charge is 0.465 e. The highest BCUT2D eigenvalue weighted by atomic mass is 16.5. The van der Waals surface area contributed by atoms with Crippen LogP contribution in [0.25, 0.3) is 0 Å². The van der Waals surface area contributed by atoms with E-state index in [9.17, 15) is 9.59 Å². The van der Waals surface area contributed by atoms with E-state index in [-0.39, 0.29) is 5.91 Å². The quantitative estimate of drug-likeness (QED) is 0.524. The van der Waals surface area contributed by atoms with Crippen LogP contribution in [0.4, 0.5) is 0 Å². The van der Waals surface area contributed by atoms with Crippen LogP contribution < -0.4 is 0 Å². The monoisotopic (exact) mass is 387 g/mol. The fourth-order valence-corrected chi connectivity index (χ4v) is 3.30. The molecule has 0 aliphatic rings. The van der Waals surface area contributed by atoms with Gasteiger partial charge in [-0.15, -0.1) is 0 Å². The Balaban J connectivity index is 1.80. The lowest BCUT2D eigenvalue weighted by Crippen LogP contribution is -2.33. The number of rotatable bonds is 8. The smallest absolute Gasteiger partial charge is 0.338 e. The normalized spacial score (nSPS) is 10.4. The number of nitrogens with zero attached hydrogens (tertiary/aromatic N) is 1. The molecule has 0 atom stereocenters. The van der Waals surface area contributed by atoms with Gasteiger partial charge in [0.25, 0.3) is 5.91 Å². The zero-order valence-corrected chi connectivity index (χ0v) is 16.6. The molecular weight excluding hydrogens is 362 g/mol. The molecule has 0 saturated heterocycles. The topological polar surface area (TPSA) is 46.6 Å². The van der Waals surface area contributed by atoms with Crippen LogP contribution >= 0.6 is 0 Å². The van der Waals surface area contributed by atoms with E-state index in [4.69, 9.17) is 4.74 Å². The first-order valence-electron chi connectivity index (χ1n) is 9.73. The van der Waals surface area contributed by atoms with Crippen molar-refractivity contribution in [2.24, 2.45) is 0 Å². The Kier molecular flexibility index (Phi) is 7.17. The van der Waals surface area contributed by atoms with E-state index in [1.807, 2.05) is 48.5 Å². The number of ether oxygens (including phenoxy) is 1. The van der Waals surface area contributed by atoms with Crippen molar-refractivity contribution in [3.63, 3.8) is 0 Å². The summed E-state index contributed by atoms with van der Waals surface area (Å²) < 4.78 is 4.85. The van der Waals surface area contributed by atoms with Gasteiger partial charge in [0, 0.05) is 13.1 Å². The third-order valence-electron chi connectivity index (χ3n) is 4.80. The summed E-state index contributed by atoms with van der Waals surface area (Å²) in [5.74, 6) is -0.666. The van der Waals surface area contributed by atoms with Crippen molar-refractivity contribution < 1.29 is 14.3 Å². The summed E-state index contributed by atoms with van der Waals surface area (Å²) in [7, 11) is 1.32. The molecule has 0 fully saturated rings. The van der Waals surface area contributed by atoms with E-state index in [2.05, 4.69) is 12.1 Å². The van der Waals surface area contributed by atoms with Gasteiger partial charge in [-0.25, -0.2) is 4.79 Å². The molecule has 0 unspecified atom stereocenters. The molecule has 3 aromatic rings. The van der Waals surface area contributed by atoms with E-state index in [0.29, 0.717) is 24.2 Å². The van der Waals surface area contributed by atoms with E-state index in [1.165, 1.54) is 12.7 Å².